The van der Waals surface area contributed by atoms with Gasteiger partial charge in [0, 0.05) is 11.5 Å². The lowest BCUT2D eigenvalue weighted by Crippen LogP contribution is -2.22. The van der Waals surface area contributed by atoms with Gasteiger partial charge in [0.15, 0.2) is 0 Å². The Morgan fingerprint density at radius 1 is 1.44 bits per heavy atom. The third kappa shape index (κ3) is 1.97. The molecule has 2 aliphatic rings. The summed E-state index contributed by atoms with van der Waals surface area (Å²) in [5, 5.41) is 8.92. The van der Waals surface area contributed by atoms with Crippen LogP contribution in [0.15, 0.2) is 12.2 Å². The number of nitriles is 1. The second-order valence-corrected chi connectivity index (χ2v) is 5.10. The average molecular weight is 219 g/mol. The average Bonchev–Trinajstić information content (AvgIpc) is 2.83. The highest BCUT2D eigenvalue weighted by atomic mass is 16.5. The fourth-order valence-corrected chi connectivity index (χ4v) is 3.06. The molecule has 2 saturated carbocycles. The molecule has 2 aliphatic carbocycles. The molecule has 2 rings (SSSR count). The zero-order valence-corrected chi connectivity index (χ0v) is 9.61. The second-order valence-electron chi connectivity index (χ2n) is 5.10. The van der Waals surface area contributed by atoms with Gasteiger partial charge in [-0.2, -0.15) is 5.26 Å². The van der Waals surface area contributed by atoms with Crippen molar-refractivity contribution in [3.05, 3.63) is 12.2 Å². The highest BCUT2D eigenvalue weighted by Crippen LogP contribution is 2.51. The van der Waals surface area contributed by atoms with E-state index in [1.165, 1.54) is 0 Å². The first-order valence-corrected chi connectivity index (χ1v) is 5.84. The van der Waals surface area contributed by atoms with Crippen LogP contribution in [0.2, 0.25) is 0 Å². The Kier molecular flexibility index (Phi) is 3.00. The molecule has 0 amide bonds. The lowest BCUT2D eigenvalue weighted by molar-refractivity contribution is -0.140. The van der Waals surface area contributed by atoms with Gasteiger partial charge in [-0.15, -0.1) is 0 Å². The van der Waals surface area contributed by atoms with Crippen molar-refractivity contribution in [2.24, 2.45) is 23.7 Å². The van der Waals surface area contributed by atoms with E-state index in [1.807, 2.05) is 0 Å². The molecule has 16 heavy (non-hydrogen) atoms. The Balaban J connectivity index is 1.81. The lowest BCUT2D eigenvalue weighted by atomic mass is 9.83. The van der Waals surface area contributed by atoms with Crippen molar-refractivity contribution < 1.29 is 9.53 Å². The van der Waals surface area contributed by atoms with Crippen LogP contribution in [0.1, 0.15) is 26.2 Å². The van der Waals surface area contributed by atoms with Gasteiger partial charge in [0.1, 0.15) is 0 Å². The first kappa shape index (κ1) is 11.2. The molecule has 0 radical (unpaired) electrons. The van der Waals surface area contributed by atoms with Crippen molar-refractivity contribution in [2.45, 2.75) is 26.2 Å². The molecule has 0 aromatic heterocycles. The fraction of sp³-hybridized carbons (Fsp3) is 0.692. The highest BCUT2D eigenvalue weighted by Gasteiger charge is 2.46. The number of fused-ring (bicyclic) bond motifs is 2. The predicted octanol–water partition coefficient (Wildman–Crippen LogP) is 2.29. The molecule has 0 saturated heterocycles. The smallest absolute Gasteiger partial charge is 0.333 e. The second kappa shape index (κ2) is 4.29. The summed E-state index contributed by atoms with van der Waals surface area (Å²) in [5.41, 5.74) is 0.457. The molecule has 3 heteroatoms. The van der Waals surface area contributed by atoms with Gasteiger partial charge in [0.2, 0.25) is 0 Å². The minimum atomic E-state index is -0.292. The molecule has 3 nitrogen and oxygen atoms in total. The molecule has 0 aromatic carbocycles. The van der Waals surface area contributed by atoms with E-state index in [1.54, 1.807) is 6.92 Å². The lowest BCUT2D eigenvalue weighted by Gasteiger charge is -2.23. The van der Waals surface area contributed by atoms with Gasteiger partial charge in [0.25, 0.3) is 0 Å². The number of ether oxygens (including phenoxy) is 1. The maximum Gasteiger partial charge on any atom is 0.333 e. The van der Waals surface area contributed by atoms with E-state index in [4.69, 9.17) is 10.00 Å². The van der Waals surface area contributed by atoms with E-state index in [0.29, 0.717) is 29.9 Å². The molecule has 0 aliphatic heterocycles. The van der Waals surface area contributed by atoms with Crippen molar-refractivity contribution in [3.63, 3.8) is 0 Å². The first-order valence-electron chi connectivity index (χ1n) is 5.84. The standard InChI is InChI=1S/C13H17NO2/c1-8(2)13(15)16-7-12-5-9-3-10(12)4-11(9)6-14/h9-12H,1,3-5,7H2,2H3. The van der Waals surface area contributed by atoms with Crippen molar-refractivity contribution in [1.29, 1.82) is 5.26 Å². The predicted molar refractivity (Wildman–Crippen MR) is 59.2 cm³/mol. The van der Waals surface area contributed by atoms with E-state index < -0.39 is 0 Å². The van der Waals surface area contributed by atoms with E-state index in [0.717, 1.165) is 19.3 Å². The third-order valence-electron chi connectivity index (χ3n) is 3.95. The maximum absolute atomic E-state index is 11.3. The summed E-state index contributed by atoms with van der Waals surface area (Å²) in [7, 11) is 0. The quantitative estimate of drug-likeness (QED) is 0.540. The Labute approximate surface area is 96.1 Å². The summed E-state index contributed by atoms with van der Waals surface area (Å²) in [6.07, 6.45) is 3.19. The van der Waals surface area contributed by atoms with Crippen molar-refractivity contribution in [2.75, 3.05) is 6.61 Å². The van der Waals surface area contributed by atoms with Crippen LogP contribution >= 0.6 is 0 Å². The summed E-state index contributed by atoms with van der Waals surface area (Å²) in [6, 6.07) is 2.38. The van der Waals surface area contributed by atoms with Gasteiger partial charge in [-0.3, -0.25) is 0 Å². The molecular weight excluding hydrogens is 202 g/mol. The van der Waals surface area contributed by atoms with Crippen LogP contribution in [0.3, 0.4) is 0 Å². The monoisotopic (exact) mass is 219 g/mol. The van der Waals surface area contributed by atoms with Crippen LogP contribution in [0.5, 0.6) is 0 Å². The summed E-state index contributed by atoms with van der Waals surface area (Å²) >= 11 is 0. The Morgan fingerprint density at radius 2 is 2.19 bits per heavy atom. The normalized spacial score (nSPS) is 35.8. The van der Waals surface area contributed by atoms with Gasteiger partial charge in [0.05, 0.1) is 12.7 Å². The zero-order chi connectivity index (χ0) is 11.7. The van der Waals surface area contributed by atoms with Crippen molar-refractivity contribution >= 4 is 5.97 Å². The Hall–Kier alpha value is -1.30. The van der Waals surface area contributed by atoms with Crippen molar-refractivity contribution in [3.8, 4) is 6.07 Å². The summed E-state index contributed by atoms with van der Waals surface area (Å²) in [5.74, 6) is 1.56. The topological polar surface area (TPSA) is 50.1 Å². The molecule has 0 N–H and O–H groups in total. The number of hydrogen-bond acceptors (Lipinski definition) is 3. The molecule has 2 bridgehead atoms. The van der Waals surface area contributed by atoms with Crippen LogP contribution in [0, 0.1) is 35.0 Å². The number of rotatable bonds is 3. The van der Waals surface area contributed by atoms with Gasteiger partial charge in [-0.05, 0) is 43.9 Å². The maximum atomic E-state index is 11.3. The molecule has 2 fully saturated rings. The van der Waals surface area contributed by atoms with E-state index in [2.05, 4.69) is 12.6 Å². The summed E-state index contributed by atoms with van der Waals surface area (Å²) in [6.45, 7) is 5.72. The third-order valence-corrected chi connectivity index (χ3v) is 3.95. The molecule has 0 spiro atoms. The first-order chi connectivity index (χ1) is 7.61. The molecule has 4 atom stereocenters. The number of carbonyl (C=O) groups excluding carboxylic acids is 1. The summed E-state index contributed by atoms with van der Waals surface area (Å²) in [4.78, 5) is 11.3. The SMILES string of the molecule is C=C(C)C(=O)OCC1CC2CC1CC2C#N. The fourth-order valence-electron chi connectivity index (χ4n) is 3.06. The largest absolute Gasteiger partial charge is 0.462 e. The number of carbonyl (C=O) groups is 1. The minimum Gasteiger partial charge on any atom is -0.462 e. The Bertz CT molecular complexity index is 355. The number of nitrogens with zero attached hydrogens (tertiary/aromatic N) is 1. The molecular formula is C13H17NO2. The van der Waals surface area contributed by atoms with Crippen LogP contribution in [-0.4, -0.2) is 12.6 Å². The summed E-state index contributed by atoms with van der Waals surface area (Å²) < 4.78 is 5.19. The van der Waals surface area contributed by atoms with E-state index in [9.17, 15) is 4.79 Å². The Morgan fingerprint density at radius 3 is 2.69 bits per heavy atom. The zero-order valence-electron chi connectivity index (χ0n) is 9.61. The van der Waals surface area contributed by atoms with Gasteiger partial charge in [-0.1, -0.05) is 6.58 Å². The van der Waals surface area contributed by atoms with Gasteiger partial charge >= 0.3 is 5.97 Å². The molecule has 0 heterocycles. The van der Waals surface area contributed by atoms with E-state index >= 15 is 0 Å². The van der Waals surface area contributed by atoms with E-state index in [-0.39, 0.29) is 11.9 Å². The molecule has 86 valence electrons. The van der Waals surface area contributed by atoms with Crippen LogP contribution in [-0.2, 0) is 9.53 Å². The highest BCUT2D eigenvalue weighted by molar-refractivity contribution is 5.86. The number of hydrogen-bond donors (Lipinski definition) is 0. The van der Waals surface area contributed by atoms with Crippen molar-refractivity contribution in [1.82, 2.24) is 0 Å². The van der Waals surface area contributed by atoms with Crippen LogP contribution in [0.4, 0.5) is 0 Å². The van der Waals surface area contributed by atoms with Gasteiger partial charge in [-0.25, -0.2) is 4.79 Å². The molecule has 4 unspecified atom stereocenters. The van der Waals surface area contributed by atoms with Crippen LogP contribution in [0.25, 0.3) is 0 Å². The minimum absolute atomic E-state index is 0.248. The molecule has 0 aromatic rings. The van der Waals surface area contributed by atoms with Gasteiger partial charge < -0.3 is 4.74 Å². The number of esters is 1. The van der Waals surface area contributed by atoms with Crippen LogP contribution < -0.4 is 0 Å².